The molecule has 0 amide bonds. The normalized spacial score (nSPS) is 11.1. The van der Waals surface area contributed by atoms with Crippen molar-refractivity contribution < 1.29 is 4.42 Å². The van der Waals surface area contributed by atoms with E-state index >= 15 is 0 Å². The summed E-state index contributed by atoms with van der Waals surface area (Å²) in [5.74, 6) is 1.17. The molecule has 0 fully saturated rings. The Morgan fingerprint density at radius 3 is 2.61 bits per heavy atom. The molecule has 0 aliphatic heterocycles. The van der Waals surface area contributed by atoms with Gasteiger partial charge in [-0.15, -0.1) is 10.2 Å². The van der Waals surface area contributed by atoms with E-state index in [1.54, 1.807) is 0 Å². The summed E-state index contributed by atoms with van der Waals surface area (Å²) in [4.78, 5) is 2.05. The van der Waals surface area contributed by atoms with Crippen LogP contribution in [-0.2, 0) is 6.54 Å². The van der Waals surface area contributed by atoms with Gasteiger partial charge in [0.25, 0.3) is 0 Å². The van der Waals surface area contributed by atoms with E-state index in [4.69, 9.17) is 10.2 Å². The van der Waals surface area contributed by atoms with Crippen LogP contribution in [0.2, 0.25) is 0 Å². The molecule has 0 unspecified atom stereocenters. The van der Waals surface area contributed by atoms with Gasteiger partial charge in [0.1, 0.15) is 0 Å². The van der Waals surface area contributed by atoms with Gasteiger partial charge in [0.15, 0.2) is 0 Å². The Morgan fingerprint density at radius 2 is 1.94 bits per heavy atom. The van der Waals surface area contributed by atoms with Gasteiger partial charge < -0.3 is 10.2 Å². The van der Waals surface area contributed by atoms with Gasteiger partial charge in [0.05, 0.1) is 6.54 Å². The predicted molar refractivity (Wildman–Crippen MR) is 69.9 cm³/mol. The summed E-state index contributed by atoms with van der Waals surface area (Å²) >= 11 is 0. The minimum Gasteiger partial charge on any atom is -0.419 e. The van der Waals surface area contributed by atoms with Crippen LogP contribution in [0.5, 0.6) is 0 Å². The van der Waals surface area contributed by atoms with Crippen molar-refractivity contribution in [2.75, 3.05) is 20.1 Å². The molecule has 0 aliphatic rings. The third-order valence-electron chi connectivity index (χ3n) is 2.68. The van der Waals surface area contributed by atoms with Crippen LogP contribution >= 0.6 is 0 Å². The fourth-order valence-corrected chi connectivity index (χ4v) is 1.66. The number of nitrogens with zero attached hydrogens (tertiary/aromatic N) is 3. The van der Waals surface area contributed by atoms with E-state index in [0.29, 0.717) is 24.9 Å². The summed E-state index contributed by atoms with van der Waals surface area (Å²) in [5.41, 5.74) is 7.64. The maximum Gasteiger partial charge on any atom is 0.247 e. The molecule has 1 aromatic heterocycles. The average molecular weight is 246 g/mol. The lowest BCUT2D eigenvalue weighted by Crippen LogP contribution is -2.25. The van der Waals surface area contributed by atoms with Crippen molar-refractivity contribution in [2.45, 2.75) is 13.5 Å². The number of aryl methyl sites for hydroxylation is 1. The second kappa shape index (κ2) is 5.75. The molecular formula is C13H18N4O. The molecule has 1 heterocycles. The largest absolute Gasteiger partial charge is 0.419 e. The van der Waals surface area contributed by atoms with E-state index in [9.17, 15) is 0 Å². The topological polar surface area (TPSA) is 68.2 Å². The molecule has 2 aromatic rings. The van der Waals surface area contributed by atoms with Crippen LogP contribution in [0.25, 0.3) is 11.5 Å². The zero-order valence-electron chi connectivity index (χ0n) is 10.8. The van der Waals surface area contributed by atoms with E-state index in [2.05, 4.69) is 10.2 Å². The van der Waals surface area contributed by atoms with E-state index in [1.165, 1.54) is 5.56 Å². The van der Waals surface area contributed by atoms with Crippen molar-refractivity contribution in [2.24, 2.45) is 5.73 Å². The molecule has 2 N–H and O–H groups in total. The molecule has 0 radical (unpaired) electrons. The molecule has 18 heavy (non-hydrogen) atoms. The monoisotopic (exact) mass is 246 g/mol. The van der Waals surface area contributed by atoms with Gasteiger partial charge in [-0.2, -0.15) is 0 Å². The molecule has 1 aromatic carbocycles. The highest BCUT2D eigenvalue weighted by Gasteiger charge is 2.09. The summed E-state index contributed by atoms with van der Waals surface area (Å²) in [6.07, 6.45) is 0. The minimum absolute atomic E-state index is 0.561. The smallest absolute Gasteiger partial charge is 0.247 e. The minimum atomic E-state index is 0.561. The Kier molecular flexibility index (Phi) is 4.07. The third-order valence-corrected chi connectivity index (χ3v) is 2.68. The van der Waals surface area contributed by atoms with Crippen molar-refractivity contribution in [3.05, 3.63) is 35.7 Å². The van der Waals surface area contributed by atoms with Crippen LogP contribution in [0.1, 0.15) is 11.5 Å². The number of aromatic nitrogens is 2. The zero-order chi connectivity index (χ0) is 13.0. The lowest BCUT2D eigenvalue weighted by Gasteiger charge is -2.11. The fraction of sp³-hybridized carbons (Fsp3) is 0.385. The number of hydrogen-bond donors (Lipinski definition) is 1. The Bertz CT molecular complexity index is 492. The summed E-state index contributed by atoms with van der Waals surface area (Å²) in [7, 11) is 1.97. The summed E-state index contributed by atoms with van der Waals surface area (Å²) in [6, 6.07) is 8.02. The van der Waals surface area contributed by atoms with Crippen molar-refractivity contribution in [1.29, 1.82) is 0 Å². The van der Waals surface area contributed by atoms with Crippen LogP contribution in [-0.4, -0.2) is 35.2 Å². The highest BCUT2D eigenvalue weighted by atomic mass is 16.4. The standard InChI is InChI=1S/C13H18N4O/c1-10-3-5-11(6-4-10)13-16-15-12(18-13)9-17(2)8-7-14/h3-6H,7-9,14H2,1-2H3. The molecule has 0 atom stereocenters. The molecule has 96 valence electrons. The summed E-state index contributed by atoms with van der Waals surface area (Å²) < 4.78 is 5.62. The maximum atomic E-state index is 5.62. The average Bonchev–Trinajstić information content (AvgIpc) is 2.78. The first kappa shape index (κ1) is 12.7. The van der Waals surface area contributed by atoms with Gasteiger partial charge in [-0.3, -0.25) is 4.90 Å². The van der Waals surface area contributed by atoms with Crippen LogP contribution in [0.15, 0.2) is 28.7 Å². The number of rotatable bonds is 5. The van der Waals surface area contributed by atoms with Crippen LogP contribution in [0.3, 0.4) is 0 Å². The van der Waals surface area contributed by atoms with E-state index in [0.717, 1.165) is 12.1 Å². The van der Waals surface area contributed by atoms with Crippen molar-refractivity contribution in [3.8, 4) is 11.5 Å². The quantitative estimate of drug-likeness (QED) is 0.864. The second-order valence-corrected chi connectivity index (χ2v) is 4.39. The maximum absolute atomic E-state index is 5.62. The van der Waals surface area contributed by atoms with Gasteiger partial charge in [-0.05, 0) is 26.1 Å². The molecule has 0 aliphatic carbocycles. The Balaban J connectivity index is 2.08. The Labute approximate surface area is 107 Å². The summed E-state index contributed by atoms with van der Waals surface area (Å²) in [5, 5.41) is 8.09. The van der Waals surface area contributed by atoms with Gasteiger partial charge in [0, 0.05) is 18.7 Å². The van der Waals surface area contributed by atoms with Crippen molar-refractivity contribution in [1.82, 2.24) is 15.1 Å². The van der Waals surface area contributed by atoms with E-state index in [-0.39, 0.29) is 0 Å². The third kappa shape index (κ3) is 3.15. The van der Waals surface area contributed by atoms with Crippen LogP contribution in [0.4, 0.5) is 0 Å². The van der Waals surface area contributed by atoms with Crippen LogP contribution in [0, 0.1) is 6.92 Å². The Hall–Kier alpha value is -1.72. The van der Waals surface area contributed by atoms with Crippen molar-refractivity contribution in [3.63, 3.8) is 0 Å². The van der Waals surface area contributed by atoms with Gasteiger partial charge in [-0.1, -0.05) is 17.7 Å². The van der Waals surface area contributed by atoms with Gasteiger partial charge in [0.2, 0.25) is 11.8 Å². The molecule has 2 rings (SSSR count). The lowest BCUT2D eigenvalue weighted by atomic mass is 10.1. The Morgan fingerprint density at radius 1 is 1.22 bits per heavy atom. The fourth-order valence-electron chi connectivity index (χ4n) is 1.66. The predicted octanol–water partition coefficient (Wildman–Crippen LogP) is 1.44. The van der Waals surface area contributed by atoms with Gasteiger partial charge >= 0.3 is 0 Å². The highest BCUT2D eigenvalue weighted by Crippen LogP contribution is 2.18. The number of hydrogen-bond acceptors (Lipinski definition) is 5. The molecule has 5 nitrogen and oxygen atoms in total. The van der Waals surface area contributed by atoms with Crippen LogP contribution < -0.4 is 5.73 Å². The zero-order valence-corrected chi connectivity index (χ0v) is 10.8. The lowest BCUT2D eigenvalue weighted by molar-refractivity contribution is 0.297. The number of nitrogens with two attached hydrogens (primary N) is 1. The first-order valence-electron chi connectivity index (χ1n) is 5.97. The van der Waals surface area contributed by atoms with Gasteiger partial charge in [-0.25, -0.2) is 0 Å². The summed E-state index contributed by atoms with van der Waals surface area (Å²) in [6.45, 7) is 4.10. The molecule has 0 saturated heterocycles. The molecule has 0 bridgehead atoms. The first-order chi connectivity index (χ1) is 8.69. The molecular weight excluding hydrogens is 228 g/mol. The van der Waals surface area contributed by atoms with E-state index < -0.39 is 0 Å². The van der Waals surface area contributed by atoms with E-state index in [1.807, 2.05) is 43.1 Å². The van der Waals surface area contributed by atoms with Crippen molar-refractivity contribution >= 4 is 0 Å². The second-order valence-electron chi connectivity index (χ2n) is 4.39. The molecule has 0 spiro atoms. The molecule has 5 heteroatoms. The number of benzene rings is 1. The number of likely N-dealkylation sites (N-methyl/N-ethyl adjacent to an activating group) is 1. The molecule has 0 saturated carbocycles. The highest BCUT2D eigenvalue weighted by molar-refractivity contribution is 5.52. The first-order valence-corrected chi connectivity index (χ1v) is 5.97. The SMILES string of the molecule is Cc1ccc(-c2nnc(CN(C)CCN)o2)cc1.